The van der Waals surface area contributed by atoms with E-state index in [-0.39, 0.29) is 22.6 Å². The van der Waals surface area contributed by atoms with Crippen LogP contribution in [0.5, 0.6) is 5.75 Å². The normalized spacial score (nSPS) is 11.4. The molecule has 1 aromatic carbocycles. The molecule has 1 aromatic heterocycles. The van der Waals surface area contributed by atoms with Crippen LogP contribution < -0.4 is 27.3 Å². The van der Waals surface area contributed by atoms with E-state index < -0.39 is 0 Å². The fourth-order valence-electron chi connectivity index (χ4n) is 3.24. The molecule has 1 heterocycles. The molecule has 0 saturated heterocycles. The Bertz CT molecular complexity index is 755. The van der Waals surface area contributed by atoms with E-state index in [0.29, 0.717) is 12.2 Å². The molecule has 0 saturated carbocycles. The number of likely N-dealkylation sites (N-methyl/N-ethyl adjacent to an activating group) is 1. The van der Waals surface area contributed by atoms with Crippen molar-refractivity contribution in [2.75, 3.05) is 33.8 Å². The average molecular weight is 440 g/mol. The van der Waals surface area contributed by atoms with Crippen LogP contribution in [0.4, 0.5) is 0 Å². The predicted octanol–water partition coefficient (Wildman–Crippen LogP) is 1.92. The lowest BCUT2D eigenvalue weighted by molar-refractivity contribution is -0.890. The zero-order valence-corrected chi connectivity index (χ0v) is 18.8. The average Bonchev–Trinajstić information content (AvgIpc) is 2.57. The highest BCUT2D eigenvalue weighted by atomic mass is 79.9. The maximum atomic E-state index is 11.5. The van der Waals surface area contributed by atoms with Crippen molar-refractivity contribution < 1.29 is 30.6 Å². The summed E-state index contributed by atoms with van der Waals surface area (Å²) >= 11 is 0. The Morgan fingerprint density at radius 1 is 1.00 bits per heavy atom. The molecule has 4 nitrogen and oxygen atoms in total. The molecule has 152 valence electrons. The van der Waals surface area contributed by atoms with E-state index in [1.165, 1.54) is 51.1 Å². The number of fused-ring (bicyclic) bond motifs is 1. The lowest BCUT2D eigenvalue weighted by Gasteiger charge is -2.29. The number of ether oxygens (including phenoxy) is 1. The monoisotopic (exact) mass is 439 g/mol. The van der Waals surface area contributed by atoms with Crippen molar-refractivity contribution in [1.29, 1.82) is 0 Å². The third-order valence-corrected chi connectivity index (χ3v) is 5.01. The Labute approximate surface area is 173 Å². The summed E-state index contributed by atoms with van der Waals surface area (Å²) < 4.78 is 12.2. The highest BCUT2D eigenvalue weighted by Crippen LogP contribution is 2.22. The zero-order chi connectivity index (χ0) is 19.0. The van der Waals surface area contributed by atoms with Crippen molar-refractivity contribution in [1.82, 2.24) is 0 Å². The minimum absolute atomic E-state index is 0. The molecule has 0 aliphatic carbocycles. The molecule has 0 bridgehead atoms. The number of halogens is 1. The molecule has 0 fully saturated rings. The second-order valence-corrected chi connectivity index (χ2v) is 7.91. The van der Waals surface area contributed by atoms with Crippen molar-refractivity contribution in [2.24, 2.45) is 0 Å². The number of quaternary nitrogens is 1. The van der Waals surface area contributed by atoms with Crippen LogP contribution in [0.25, 0.3) is 11.0 Å². The SMILES string of the molecule is CCCCCCCC[N+](C)(C)CCOc1ccc2c(C)cc(=O)oc2c1.[Br-]. The Morgan fingerprint density at radius 3 is 2.44 bits per heavy atom. The summed E-state index contributed by atoms with van der Waals surface area (Å²) in [6.45, 7) is 6.98. The van der Waals surface area contributed by atoms with Gasteiger partial charge in [0.05, 0.1) is 20.6 Å². The number of unbranched alkanes of at least 4 members (excludes halogenated alkanes) is 5. The molecular formula is C22H34BrNO3. The third-order valence-electron chi connectivity index (χ3n) is 5.01. The van der Waals surface area contributed by atoms with E-state index in [2.05, 4.69) is 21.0 Å². The van der Waals surface area contributed by atoms with Gasteiger partial charge in [-0.1, -0.05) is 32.6 Å². The Morgan fingerprint density at radius 2 is 1.70 bits per heavy atom. The first-order valence-corrected chi connectivity index (χ1v) is 9.90. The maximum Gasteiger partial charge on any atom is 0.336 e. The van der Waals surface area contributed by atoms with E-state index in [1.54, 1.807) is 0 Å². The second-order valence-electron chi connectivity index (χ2n) is 7.91. The summed E-state index contributed by atoms with van der Waals surface area (Å²) in [6, 6.07) is 7.24. The minimum atomic E-state index is -0.316. The molecule has 0 spiro atoms. The van der Waals surface area contributed by atoms with Gasteiger partial charge >= 0.3 is 5.63 Å². The first kappa shape index (κ1) is 23.7. The fraction of sp³-hybridized carbons (Fsp3) is 0.591. The van der Waals surface area contributed by atoms with E-state index in [0.717, 1.165) is 27.7 Å². The van der Waals surface area contributed by atoms with Gasteiger partial charge in [0.25, 0.3) is 0 Å². The Hall–Kier alpha value is -1.33. The van der Waals surface area contributed by atoms with Gasteiger partial charge in [-0.05, 0) is 37.5 Å². The Balaban J connectivity index is 0.00000364. The van der Waals surface area contributed by atoms with Crippen LogP contribution in [0.15, 0.2) is 33.5 Å². The van der Waals surface area contributed by atoms with Crippen LogP contribution in [0.2, 0.25) is 0 Å². The lowest BCUT2D eigenvalue weighted by atomic mass is 10.1. The Kier molecular flexibility index (Phi) is 10.1. The summed E-state index contributed by atoms with van der Waals surface area (Å²) in [6.07, 6.45) is 7.98. The van der Waals surface area contributed by atoms with Crippen LogP contribution in [-0.4, -0.2) is 38.3 Å². The highest BCUT2D eigenvalue weighted by molar-refractivity contribution is 5.81. The largest absolute Gasteiger partial charge is 1.00 e. The van der Waals surface area contributed by atoms with Gasteiger partial charge in [-0.2, -0.15) is 0 Å². The highest BCUT2D eigenvalue weighted by Gasteiger charge is 2.14. The molecule has 0 radical (unpaired) electrons. The van der Waals surface area contributed by atoms with Gasteiger partial charge in [0.1, 0.15) is 24.5 Å². The van der Waals surface area contributed by atoms with Crippen LogP contribution >= 0.6 is 0 Å². The standard InChI is InChI=1S/C22H34NO3.BrH/c1-5-6-7-8-9-10-13-23(3,4)14-15-25-19-11-12-20-18(2)16-22(24)26-21(20)17-19;/h11-12,16-17H,5-10,13-15H2,1-4H3;1H/q+1;/p-1. The summed E-state index contributed by atoms with van der Waals surface area (Å²) in [5.41, 5.74) is 1.21. The topological polar surface area (TPSA) is 39.4 Å². The van der Waals surface area contributed by atoms with Crippen molar-refractivity contribution >= 4 is 11.0 Å². The number of rotatable bonds is 11. The molecule has 0 atom stereocenters. The van der Waals surface area contributed by atoms with Crippen LogP contribution in [-0.2, 0) is 0 Å². The zero-order valence-electron chi connectivity index (χ0n) is 17.2. The van der Waals surface area contributed by atoms with Gasteiger partial charge in [0.2, 0.25) is 0 Å². The number of benzene rings is 1. The summed E-state index contributed by atoms with van der Waals surface area (Å²) in [5, 5.41) is 0.955. The smallest absolute Gasteiger partial charge is 0.336 e. The van der Waals surface area contributed by atoms with Crippen molar-refractivity contribution in [3.63, 3.8) is 0 Å². The molecule has 5 heteroatoms. The molecule has 0 aliphatic heterocycles. The molecule has 0 N–H and O–H groups in total. The molecule has 0 amide bonds. The van der Waals surface area contributed by atoms with E-state index >= 15 is 0 Å². The van der Waals surface area contributed by atoms with Gasteiger partial charge in [-0.15, -0.1) is 0 Å². The molecule has 2 rings (SSSR count). The number of nitrogens with zero attached hydrogens (tertiary/aromatic N) is 1. The second kappa shape index (κ2) is 11.5. The van der Waals surface area contributed by atoms with Gasteiger partial charge in [0, 0.05) is 17.5 Å². The number of aryl methyl sites for hydroxylation is 1. The molecule has 2 aromatic rings. The fourth-order valence-corrected chi connectivity index (χ4v) is 3.24. The van der Waals surface area contributed by atoms with Gasteiger partial charge in [-0.25, -0.2) is 4.79 Å². The molecule has 0 aliphatic rings. The van der Waals surface area contributed by atoms with Crippen LogP contribution in [0.1, 0.15) is 51.0 Å². The first-order chi connectivity index (χ1) is 12.4. The van der Waals surface area contributed by atoms with Crippen LogP contribution in [0.3, 0.4) is 0 Å². The van der Waals surface area contributed by atoms with Crippen molar-refractivity contribution in [2.45, 2.75) is 52.4 Å². The molecular weight excluding hydrogens is 406 g/mol. The third kappa shape index (κ3) is 8.06. The summed E-state index contributed by atoms with van der Waals surface area (Å²) in [5.74, 6) is 0.755. The van der Waals surface area contributed by atoms with E-state index in [1.807, 2.05) is 25.1 Å². The number of hydrogen-bond acceptors (Lipinski definition) is 3. The van der Waals surface area contributed by atoms with Crippen molar-refractivity contribution in [3.05, 3.63) is 40.2 Å². The predicted molar refractivity (Wildman–Crippen MR) is 108 cm³/mol. The van der Waals surface area contributed by atoms with Crippen LogP contribution in [0, 0.1) is 6.92 Å². The molecule has 0 unspecified atom stereocenters. The lowest BCUT2D eigenvalue weighted by Crippen LogP contribution is -3.00. The minimum Gasteiger partial charge on any atom is -1.00 e. The summed E-state index contributed by atoms with van der Waals surface area (Å²) in [4.78, 5) is 11.5. The first-order valence-electron chi connectivity index (χ1n) is 9.90. The van der Waals surface area contributed by atoms with E-state index in [9.17, 15) is 4.79 Å². The van der Waals surface area contributed by atoms with Gasteiger partial charge in [-0.3, -0.25) is 0 Å². The molecule has 27 heavy (non-hydrogen) atoms. The summed E-state index contributed by atoms with van der Waals surface area (Å²) in [7, 11) is 4.52. The van der Waals surface area contributed by atoms with E-state index in [4.69, 9.17) is 9.15 Å². The maximum absolute atomic E-state index is 11.5. The van der Waals surface area contributed by atoms with Crippen molar-refractivity contribution in [3.8, 4) is 5.75 Å². The van der Waals surface area contributed by atoms with Gasteiger partial charge in [0.15, 0.2) is 0 Å². The van der Waals surface area contributed by atoms with Gasteiger partial charge < -0.3 is 30.6 Å². The quantitative estimate of drug-likeness (QED) is 0.305. The number of hydrogen-bond donors (Lipinski definition) is 0.